The summed E-state index contributed by atoms with van der Waals surface area (Å²) in [6.07, 6.45) is 0. The molecule has 1 aliphatic rings. The number of hydrogen-bond donors (Lipinski definition) is 1. The molecule has 0 amide bonds. The van der Waals surface area contributed by atoms with Gasteiger partial charge in [-0.2, -0.15) is 0 Å². The molecule has 0 saturated carbocycles. The van der Waals surface area contributed by atoms with Gasteiger partial charge in [0.1, 0.15) is 18.2 Å². The molecule has 0 saturated heterocycles. The Balaban J connectivity index is 1.81. The smallest absolute Gasteiger partial charge is 0.231 e. The van der Waals surface area contributed by atoms with E-state index in [-0.39, 0.29) is 25.8 Å². The minimum atomic E-state index is -0.315. The topological polar surface area (TPSA) is 47.9 Å². The van der Waals surface area contributed by atoms with Gasteiger partial charge in [-0.05, 0) is 18.2 Å². The Labute approximate surface area is 129 Å². The standard InChI is InChI=1S/C15H12BrFO4/c16-12-4-11(17)2-1-9(12)7-19-13-5-15-14(20-8-21-15)3-10(13)6-18/h1-5,18H,6-8H2. The quantitative estimate of drug-likeness (QED) is 0.914. The first-order valence-electron chi connectivity index (χ1n) is 6.27. The fourth-order valence-electron chi connectivity index (χ4n) is 2.02. The van der Waals surface area contributed by atoms with E-state index < -0.39 is 0 Å². The summed E-state index contributed by atoms with van der Waals surface area (Å²) in [5, 5.41) is 9.40. The molecule has 21 heavy (non-hydrogen) atoms. The minimum absolute atomic E-state index is 0.160. The van der Waals surface area contributed by atoms with Crippen molar-refractivity contribution in [1.82, 2.24) is 0 Å². The van der Waals surface area contributed by atoms with E-state index in [1.165, 1.54) is 12.1 Å². The highest BCUT2D eigenvalue weighted by Gasteiger charge is 2.18. The average molecular weight is 355 g/mol. The molecule has 0 unspecified atom stereocenters. The molecule has 0 fully saturated rings. The van der Waals surface area contributed by atoms with Crippen LogP contribution in [0.2, 0.25) is 0 Å². The molecule has 0 radical (unpaired) electrons. The van der Waals surface area contributed by atoms with Crippen molar-refractivity contribution in [1.29, 1.82) is 0 Å². The summed E-state index contributed by atoms with van der Waals surface area (Å²) in [5.74, 6) is 1.37. The van der Waals surface area contributed by atoms with Crippen LogP contribution in [-0.4, -0.2) is 11.9 Å². The van der Waals surface area contributed by atoms with Crippen molar-refractivity contribution in [3.05, 3.63) is 51.7 Å². The van der Waals surface area contributed by atoms with Gasteiger partial charge in [0.05, 0.1) is 6.61 Å². The number of ether oxygens (including phenoxy) is 3. The third-order valence-corrected chi connectivity index (χ3v) is 3.86. The molecule has 6 heteroatoms. The molecule has 1 heterocycles. The first kappa shape index (κ1) is 14.2. The molecule has 0 aliphatic carbocycles. The Hall–Kier alpha value is -1.79. The Morgan fingerprint density at radius 3 is 2.62 bits per heavy atom. The van der Waals surface area contributed by atoms with E-state index in [9.17, 15) is 9.50 Å². The Morgan fingerprint density at radius 2 is 1.90 bits per heavy atom. The summed E-state index contributed by atoms with van der Waals surface area (Å²) < 4.78 is 29.9. The van der Waals surface area contributed by atoms with Crippen molar-refractivity contribution in [3.8, 4) is 17.2 Å². The van der Waals surface area contributed by atoms with Gasteiger partial charge in [-0.25, -0.2) is 4.39 Å². The zero-order chi connectivity index (χ0) is 14.8. The summed E-state index contributed by atoms with van der Waals surface area (Å²) in [4.78, 5) is 0. The number of aliphatic hydroxyl groups excluding tert-OH is 1. The zero-order valence-corrected chi connectivity index (χ0v) is 12.5. The van der Waals surface area contributed by atoms with Gasteiger partial charge in [-0.3, -0.25) is 0 Å². The molecule has 0 bridgehead atoms. The third kappa shape index (κ3) is 2.96. The minimum Gasteiger partial charge on any atom is -0.488 e. The van der Waals surface area contributed by atoms with Gasteiger partial charge < -0.3 is 19.3 Å². The lowest BCUT2D eigenvalue weighted by atomic mass is 10.2. The van der Waals surface area contributed by atoms with Crippen LogP contribution >= 0.6 is 15.9 Å². The molecule has 1 aliphatic heterocycles. The van der Waals surface area contributed by atoms with E-state index in [2.05, 4.69) is 15.9 Å². The van der Waals surface area contributed by atoms with Gasteiger partial charge in [0.25, 0.3) is 0 Å². The van der Waals surface area contributed by atoms with Gasteiger partial charge in [-0.1, -0.05) is 22.0 Å². The van der Waals surface area contributed by atoms with Crippen LogP contribution in [0.1, 0.15) is 11.1 Å². The van der Waals surface area contributed by atoms with Crippen molar-refractivity contribution in [2.45, 2.75) is 13.2 Å². The summed E-state index contributed by atoms with van der Waals surface area (Å²) in [6, 6.07) is 7.77. The summed E-state index contributed by atoms with van der Waals surface area (Å²) >= 11 is 3.29. The zero-order valence-electron chi connectivity index (χ0n) is 10.9. The number of halogens is 2. The molecule has 110 valence electrons. The lowest BCUT2D eigenvalue weighted by molar-refractivity contribution is 0.173. The predicted molar refractivity (Wildman–Crippen MR) is 76.9 cm³/mol. The van der Waals surface area contributed by atoms with Crippen LogP contribution in [0.3, 0.4) is 0 Å². The highest BCUT2D eigenvalue weighted by molar-refractivity contribution is 9.10. The van der Waals surface area contributed by atoms with E-state index in [1.807, 2.05) is 0 Å². The number of benzene rings is 2. The summed E-state index contributed by atoms with van der Waals surface area (Å²) in [5.41, 5.74) is 1.41. The number of hydrogen-bond acceptors (Lipinski definition) is 4. The maximum atomic E-state index is 13.0. The SMILES string of the molecule is OCc1cc2c(cc1OCc1ccc(F)cc1Br)OCO2. The Bertz CT molecular complexity index is 675. The van der Waals surface area contributed by atoms with Gasteiger partial charge in [0, 0.05) is 21.7 Å². The van der Waals surface area contributed by atoms with Gasteiger partial charge in [0.15, 0.2) is 11.5 Å². The number of rotatable bonds is 4. The summed E-state index contributed by atoms with van der Waals surface area (Å²) in [7, 11) is 0. The van der Waals surface area contributed by atoms with Crippen LogP contribution in [0.25, 0.3) is 0 Å². The molecular weight excluding hydrogens is 343 g/mol. The molecule has 2 aromatic carbocycles. The van der Waals surface area contributed by atoms with E-state index in [1.54, 1.807) is 18.2 Å². The third-order valence-electron chi connectivity index (χ3n) is 3.12. The van der Waals surface area contributed by atoms with Gasteiger partial charge in [0.2, 0.25) is 6.79 Å². The largest absolute Gasteiger partial charge is 0.488 e. The molecule has 1 N–H and O–H groups in total. The van der Waals surface area contributed by atoms with E-state index in [0.717, 1.165) is 5.56 Å². The van der Waals surface area contributed by atoms with Crippen LogP contribution in [0.5, 0.6) is 17.2 Å². The van der Waals surface area contributed by atoms with Crippen molar-refractivity contribution >= 4 is 15.9 Å². The molecule has 0 atom stereocenters. The van der Waals surface area contributed by atoms with Crippen molar-refractivity contribution < 1.29 is 23.7 Å². The molecule has 3 rings (SSSR count). The molecule has 4 nitrogen and oxygen atoms in total. The maximum absolute atomic E-state index is 13.0. The van der Waals surface area contributed by atoms with Gasteiger partial charge in [-0.15, -0.1) is 0 Å². The monoisotopic (exact) mass is 354 g/mol. The second-order valence-corrected chi connectivity index (χ2v) is 5.35. The van der Waals surface area contributed by atoms with E-state index in [0.29, 0.717) is 27.3 Å². The van der Waals surface area contributed by atoms with Gasteiger partial charge >= 0.3 is 0 Å². The lowest BCUT2D eigenvalue weighted by Crippen LogP contribution is -2.00. The highest BCUT2D eigenvalue weighted by Crippen LogP contribution is 2.38. The van der Waals surface area contributed by atoms with Crippen molar-refractivity contribution in [2.24, 2.45) is 0 Å². The molecule has 0 aromatic heterocycles. The molecule has 0 spiro atoms. The van der Waals surface area contributed by atoms with Crippen LogP contribution in [0, 0.1) is 5.82 Å². The fraction of sp³-hybridized carbons (Fsp3) is 0.200. The van der Waals surface area contributed by atoms with Crippen LogP contribution in [-0.2, 0) is 13.2 Å². The van der Waals surface area contributed by atoms with Crippen molar-refractivity contribution in [3.63, 3.8) is 0 Å². The van der Waals surface area contributed by atoms with Crippen molar-refractivity contribution in [2.75, 3.05) is 6.79 Å². The van der Waals surface area contributed by atoms with Crippen LogP contribution in [0.15, 0.2) is 34.8 Å². The van der Waals surface area contributed by atoms with Crippen LogP contribution in [0.4, 0.5) is 4.39 Å². The number of aliphatic hydroxyl groups is 1. The van der Waals surface area contributed by atoms with E-state index in [4.69, 9.17) is 14.2 Å². The fourth-order valence-corrected chi connectivity index (χ4v) is 2.48. The first-order valence-corrected chi connectivity index (χ1v) is 7.07. The molecular formula is C15H12BrFO4. The number of fused-ring (bicyclic) bond motifs is 1. The first-order chi connectivity index (χ1) is 10.2. The second-order valence-electron chi connectivity index (χ2n) is 4.50. The van der Waals surface area contributed by atoms with Crippen LogP contribution < -0.4 is 14.2 Å². The summed E-state index contributed by atoms with van der Waals surface area (Å²) in [6.45, 7) is 0.233. The average Bonchev–Trinajstić information content (AvgIpc) is 2.92. The Morgan fingerprint density at radius 1 is 1.14 bits per heavy atom. The maximum Gasteiger partial charge on any atom is 0.231 e. The normalized spacial score (nSPS) is 12.5. The second kappa shape index (κ2) is 5.91. The lowest BCUT2D eigenvalue weighted by Gasteiger charge is -2.12. The predicted octanol–water partition coefficient (Wildman–Crippen LogP) is 3.39. The molecule has 2 aromatic rings. The Kier molecular flexibility index (Phi) is 3.98. The van der Waals surface area contributed by atoms with E-state index >= 15 is 0 Å². The highest BCUT2D eigenvalue weighted by atomic mass is 79.9.